The van der Waals surface area contributed by atoms with Crippen molar-refractivity contribution in [3.05, 3.63) is 144 Å². The molecule has 1 aliphatic heterocycles. The molecule has 4 aromatic carbocycles. The molecule has 1 heterocycles. The van der Waals surface area contributed by atoms with Crippen molar-refractivity contribution in [2.45, 2.75) is 76.9 Å². The van der Waals surface area contributed by atoms with Crippen LogP contribution in [0.1, 0.15) is 68.2 Å². The summed E-state index contributed by atoms with van der Waals surface area (Å²) < 4.78 is 16.9. The first-order valence-corrected chi connectivity index (χ1v) is 19.6. The predicted octanol–water partition coefficient (Wildman–Crippen LogP) is 6.81. The summed E-state index contributed by atoms with van der Waals surface area (Å²) in [5.74, 6) is -0.153. The Balaban J connectivity index is 1.31. The van der Waals surface area contributed by atoms with E-state index < -0.39 is 23.8 Å². The smallest absolute Gasteiger partial charge is 0.416 e. The van der Waals surface area contributed by atoms with Crippen molar-refractivity contribution in [1.29, 1.82) is 0 Å². The average Bonchev–Trinajstić information content (AvgIpc) is 3.36. The van der Waals surface area contributed by atoms with Gasteiger partial charge in [-0.05, 0) is 62.3 Å². The van der Waals surface area contributed by atoms with Crippen molar-refractivity contribution in [3.63, 3.8) is 0 Å². The zero-order valence-corrected chi connectivity index (χ0v) is 33.2. The molecule has 4 aromatic rings. The van der Waals surface area contributed by atoms with Crippen LogP contribution in [0.3, 0.4) is 0 Å². The SMILES string of the molecule is CC(C)(C)OC(=O)NCC1CCN(CC(c2ccccc2)c2ccccc2)C(=O)C(CCCN(C(=O)OCc2ccccc2)C(N)=NCOCc2ccccc2)N1. The number of rotatable bonds is 16. The summed E-state index contributed by atoms with van der Waals surface area (Å²) in [7, 11) is 0. The number of alkyl carbamates (subject to hydrolysis) is 1. The molecule has 4 N–H and O–H groups in total. The molecule has 12 heteroatoms. The second kappa shape index (κ2) is 21.5. The first kappa shape index (κ1) is 42.4. The highest BCUT2D eigenvalue weighted by atomic mass is 16.6. The second-order valence-electron chi connectivity index (χ2n) is 15.1. The van der Waals surface area contributed by atoms with Crippen LogP contribution in [0.2, 0.25) is 0 Å². The molecule has 57 heavy (non-hydrogen) atoms. The van der Waals surface area contributed by atoms with E-state index in [1.54, 1.807) is 0 Å². The van der Waals surface area contributed by atoms with Crippen LogP contribution in [-0.4, -0.2) is 84.4 Å². The minimum atomic E-state index is -0.655. The maximum atomic E-state index is 14.5. The molecule has 0 spiro atoms. The molecule has 3 amide bonds. The summed E-state index contributed by atoms with van der Waals surface area (Å²) in [6.45, 7) is 7.15. The molecule has 1 saturated heterocycles. The number of carbonyl (C=O) groups excluding carboxylic acids is 3. The molecular weight excluding hydrogens is 721 g/mol. The van der Waals surface area contributed by atoms with Gasteiger partial charge in [0.1, 0.15) is 18.9 Å². The number of hydrogen-bond acceptors (Lipinski definition) is 8. The van der Waals surface area contributed by atoms with Crippen molar-refractivity contribution in [2.75, 3.05) is 32.9 Å². The number of hydrogen-bond donors (Lipinski definition) is 3. The normalized spacial score (nSPS) is 16.2. The lowest BCUT2D eigenvalue weighted by molar-refractivity contribution is -0.133. The maximum absolute atomic E-state index is 14.5. The van der Waals surface area contributed by atoms with Crippen molar-refractivity contribution in [3.8, 4) is 0 Å². The lowest BCUT2D eigenvalue weighted by atomic mass is 9.90. The Hall–Kier alpha value is -5.72. The van der Waals surface area contributed by atoms with Gasteiger partial charge in [0.2, 0.25) is 11.9 Å². The summed E-state index contributed by atoms with van der Waals surface area (Å²) in [4.78, 5) is 48.2. The van der Waals surface area contributed by atoms with Crippen LogP contribution in [0.15, 0.2) is 126 Å². The Kier molecular flexibility index (Phi) is 16.0. The van der Waals surface area contributed by atoms with E-state index in [1.807, 2.05) is 123 Å². The van der Waals surface area contributed by atoms with E-state index in [0.717, 1.165) is 22.3 Å². The Labute approximate surface area is 336 Å². The molecular formula is C45H56N6O6. The summed E-state index contributed by atoms with van der Waals surface area (Å²) >= 11 is 0. The fraction of sp³-hybridized carbons (Fsp3) is 0.378. The number of aliphatic imine (C=N–C) groups is 1. The van der Waals surface area contributed by atoms with Gasteiger partial charge in [0.25, 0.3) is 0 Å². The Morgan fingerprint density at radius 1 is 0.877 bits per heavy atom. The van der Waals surface area contributed by atoms with Gasteiger partial charge in [-0.15, -0.1) is 0 Å². The molecule has 2 unspecified atom stereocenters. The van der Waals surface area contributed by atoms with Gasteiger partial charge in [-0.3, -0.25) is 4.79 Å². The van der Waals surface area contributed by atoms with Crippen molar-refractivity contribution >= 4 is 24.1 Å². The van der Waals surface area contributed by atoms with E-state index >= 15 is 0 Å². The maximum Gasteiger partial charge on any atom is 0.416 e. The first-order valence-electron chi connectivity index (χ1n) is 19.6. The molecule has 12 nitrogen and oxygen atoms in total. The lowest BCUT2D eigenvalue weighted by Crippen LogP contribution is -2.50. The van der Waals surface area contributed by atoms with Crippen LogP contribution in [-0.2, 0) is 32.2 Å². The van der Waals surface area contributed by atoms with Crippen LogP contribution >= 0.6 is 0 Å². The number of ether oxygens (including phenoxy) is 3. The van der Waals surface area contributed by atoms with Crippen LogP contribution in [0.4, 0.5) is 9.59 Å². The second-order valence-corrected chi connectivity index (χ2v) is 15.1. The number of nitrogens with two attached hydrogens (primary N) is 1. The highest BCUT2D eigenvalue weighted by Gasteiger charge is 2.33. The molecule has 302 valence electrons. The minimum absolute atomic E-state index is 0.0455. The summed E-state index contributed by atoms with van der Waals surface area (Å²) in [6, 6.07) is 38.6. The number of nitrogens with one attached hydrogen (secondary N) is 2. The number of carbonyl (C=O) groups is 3. The van der Waals surface area contributed by atoms with E-state index in [1.165, 1.54) is 4.90 Å². The molecule has 5 rings (SSSR count). The van der Waals surface area contributed by atoms with Gasteiger partial charge >= 0.3 is 12.2 Å². The zero-order chi connectivity index (χ0) is 40.5. The van der Waals surface area contributed by atoms with Crippen LogP contribution < -0.4 is 16.4 Å². The van der Waals surface area contributed by atoms with Gasteiger partial charge in [0.05, 0.1) is 12.6 Å². The van der Waals surface area contributed by atoms with E-state index in [-0.39, 0.29) is 50.3 Å². The molecule has 0 aromatic heterocycles. The molecule has 1 fully saturated rings. The van der Waals surface area contributed by atoms with Crippen molar-refractivity contribution < 1.29 is 28.6 Å². The Morgan fingerprint density at radius 2 is 1.44 bits per heavy atom. The third-order valence-electron chi connectivity index (χ3n) is 9.50. The summed E-state index contributed by atoms with van der Waals surface area (Å²) in [5, 5.41) is 6.40. The monoisotopic (exact) mass is 776 g/mol. The van der Waals surface area contributed by atoms with Crippen LogP contribution in [0.25, 0.3) is 0 Å². The topological polar surface area (TPSA) is 148 Å². The van der Waals surface area contributed by atoms with Gasteiger partial charge in [-0.25, -0.2) is 19.5 Å². The predicted molar refractivity (Wildman–Crippen MR) is 221 cm³/mol. The average molecular weight is 777 g/mol. The Bertz CT molecular complexity index is 1820. The fourth-order valence-corrected chi connectivity index (χ4v) is 6.63. The largest absolute Gasteiger partial charge is 0.444 e. The van der Waals surface area contributed by atoms with E-state index in [2.05, 4.69) is 39.9 Å². The molecule has 2 atom stereocenters. The highest BCUT2D eigenvalue weighted by Crippen LogP contribution is 2.27. The van der Waals surface area contributed by atoms with Gasteiger partial charge in [0, 0.05) is 38.1 Å². The van der Waals surface area contributed by atoms with Gasteiger partial charge < -0.3 is 35.5 Å². The lowest BCUT2D eigenvalue weighted by Gasteiger charge is -2.30. The van der Waals surface area contributed by atoms with E-state index in [4.69, 9.17) is 19.9 Å². The standard InChI is InChI=1S/C45H56N6O6/c1-45(2,3)57-43(53)47-29-38-26-28-50(30-39(36-21-12-6-13-22-36)37-23-14-7-15-24-37)41(52)40(49-38)25-16-27-51(44(54)56-32-35-19-10-5-11-20-35)42(46)48-33-55-31-34-17-8-4-9-18-34/h4-15,17-24,38-40,49H,16,25-33H2,1-3H3,(H2,46,48)(H,47,53). The quantitative estimate of drug-likeness (QED) is 0.0639. The number of benzene rings is 4. The first-order chi connectivity index (χ1) is 27.6. The fourth-order valence-electron chi connectivity index (χ4n) is 6.63. The molecule has 0 bridgehead atoms. The van der Waals surface area contributed by atoms with Crippen molar-refractivity contribution in [2.24, 2.45) is 10.7 Å². The third kappa shape index (κ3) is 14.1. The van der Waals surface area contributed by atoms with Gasteiger partial charge in [-0.2, -0.15) is 0 Å². The molecule has 0 radical (unpaired) electrons. The van der Waals surface area contributed by atoms with Crippen LogP contribution in [0.5, 0.6) is 0 Å². The molecule has 1 aliphatic rings. The van der Waals surface area contributed by atoms with Gasteiger partial charge in [0.15, 0.2) is 0 Å². The van der Waals surface area contributed by atoms with E-state index in [0.29, 0.717) is 39.0 Å². The highest BCUT2D eigenvalue weighted by molar-refractivity contribution is 5.93. The summed E-state index contributed by atoms with van der Waals surface area (Å²) in [5.41, 5.74) is 9.80. The zero-order valence-electron chi connectivity index (χ0n) is 33.2. The van der Waals surface area contributed by atoms with Crippen molar-refractivity contribution in [1.82, 2.24) is 20.4 Å². The number of amides is 3. The number of guanidine groups is 1. The third-order valence-corrected chi connectivity index (χ3v) is 9.50. The van der Waals surface area contributed by atoms with Crippen LogP contribution in [0, 0.1) is 0 Å². The molecule has 0 saturated carbocycles. The van der Waals surface area contributed by atoms with Gasteiger partial charge in [-0.1, -0.05) is 121 Å². The minimum Gasteiger partial charge on any atom is -0.444 e. The Morgan fingerprint density at radius 3 is 2.02 bits per heavy atom. The number of nitrogens with zero attached hydrogens (tertiary/aromatic N) is 3. The molecule has 0 aliphatic carbocycles. The summed E-state index contributed by atoms with van der Waals surface area (Å²) in [6.07, 6.45) is 0.201. The van der Waals surface area contributed by atoms with E-state index in [9.17, 15) is 14.4 Å².